The maximum absolute atomic E-state index is 12.2. The van der Waals surface area contributed by atoms with Crippen LogP contribution >= 0.6 is 0 Å². The number of nitrogens with two attached hydrogens (primary N) is 1. The molecule has 0 aromatic carbocycles. The molecule has 2 rings (SSSR count). The number of nitrogen functional groups attached to an aromatic ring is 1. The van der Waals surface area contributed by atoms with E-state index in [0.717, 1.165) is 12.8 Å². The Morgan fingerprint density at radius 1 is 1.56 bits per heavy atom. The fourth-order valence-electron chi connectivity index (χ4n) is 1.85. The number of hydrogen-bond donors (Lipinski definition) is 1. The van der Waals surface area contributed by atoms with Crippen molar-refractivity contribution in [2.75, 3.05) is 26.4 Å². The summed E-state index contributed by atoms with van der Waals surface area (Å²) in [6, 6.07) is 2.02. The minimum Gasteiger partial charge on any atom is -0.468 e. The van der Waals surface area contributed by atoms with Crippen molar-refractivity contribution in [2.45, 2.75) is 18.9 Å². The van der Waals surface area contributed by atoms with Gasteiger partial charge in [-0.05, 0) is 18.9 Å². The molecule has 2 N–H and O–H groups in total. The van der Waals surface area contributed by atoms with Crippen molar-refractivity contribution in [2.24, 2.45) is 0 Å². The minimum absolute atomic E-state index is 0.0644. The molecule has 1 saturated carbocycles. The number of rotatable bonds is 4. The molecule has 0 radical (unpaired) electrons. The summed E-state index contributed by atoms with van der Waals surface area (Å²) in [4.78, 5) is 24.7. The van der Waals surface area contributed by atoms with Gasteiger partial charge >= 0.3 is 5.97 Å². The number of methoxy groups -OCH3 is 1. The van der Waals surface area contributed by atoms with E-state index in [9.17, 15) is 9.59 Å². The fourth-order valence-corrected chi connectivity index (χ4v) is 1.85. The number of anilines is 1. The predicted octanol–water partition coefficient (Wildman–Crippen LogP) is 0.650. The topological polar surface area (TPSA) is 77.6 Å². The monoisotopic (exact) mass is 251 g/mol. The predicted molar refractivity (Wildman–Crippen MR) is 66.1 cm³/mol. The first-order chi connectivity index (χ1) is 8.52. The molecule has 1 fully saturated rings. The molecule has 1 amide bonds. The van der Waals surface area contributed by atoms with Gasteiger partial charge in [0.1, 0.15) is 12.2 Å². The van der Waals surface area contributed by atoms with Gasteiger partial charge in [-0.25, -0.2) is 0 Å². The molecule has 6 heteroatoms. The average Bonchev–Trinajstić information content (AvgIpc) is 3.11. The third-order valence-corrected chi connectivity index (χ3v) is 2.97. The lowest BCUT2D eigenvalue weighted by Crippen LogP contribution is -2.33. The van der Waals surface area contributed by atoms with Crippen LogP contribution in [0.2, 0.25) is 0 Å². The molecule has 0 aliphatic heterocycles. The van der Waals surface area contributed by atoms with Gasteiger partial charge < -0.3 is 19.9 Å². The molecular formula is C12H17N3O3. The highest BCUT2D eigenvalue weighted by molar-refractivity contribution is 5.95. The number of ether oxygens (including phenoxy) is 1. The summed E-state index contributed by atoms with van der Waals surface area (Å²) < 4.78 is 6.43. The van der Waals surface area contributed by atoms with Crippen molar-refractivity contribution in [3.05, 3.63) is 18.0 Å². The zero-order chi connectivity index (χ0) is 13.3. The van der Waals surface area contributed by atoms with Crippen molar-refractivity contribution in [1.29, 1.82) is 0 Å². The van der Waals surface area contributed by atoms with Crippen LogP contribution in [0.4, 0.5) is 5.69 Å². The van der Waals surface area contributed by atoms with E-state index in [1.165, 1.54) is 12.0 Å². The Morgan fingerprint density at radius 2 is 2.22 bits per heavy atom. The van der Waals surface area contributed by atoms with Crippen LogP contribution in [0.5, 0.6) is 0 Å². The zero-order valence-electron chi connectivity index (χ0n) is 10.5. The van der Waals surface area contributed by atoms with Gasteiger partial charge in [-0.1, -0.05) is 0 Å². The summed E-state index contributed by atoms with van der Waals surface area (Å²) in [6.45, 7) is -0.0644. The maximum atomic E-state index is 12.2. The fraction of sp³-hybridized carbons (Fsp3) is 0.500. The Bertz CT molecular complexity index is 477. The third-order valence-electron chi connectivity index (χ3n) is 2.97. The smallest absolute Gasteiger partial charge is 0.325 e. The number of aromatic nitrogens is 1. The second-order valence-corrected chi connectivity index (χ2v) is 4.53. The lowest BCUT2D eigenvalue weighted by Gasteiger charge is -2.16. The number of carbonyl (C=O) groups excluding carboxylic acids is 2. The van der Waals surface area contributed by atoms with Gasteiger partial charge in [0.25, 0.3) is 5.91 Å². The van der Waals surface area contributed by atoms with Gasteiger partial charge in [-0.15, -0.1) is 0 Å². The van der Waals surface area contributed by atoms with E-state index in [1.807, 2.05) is 4.57 Å². The normalized spacial score (nSPS) is 14.3. The van der Waals surface area contributed by atoms with Crippen LogP contribution in [0.1, 0.15) is 29.4 Å². The highest BCUT2D eigenvalue weighted by Crippen LogP contribution is 2.37. The molecule has 1 aliphatic rings. The number of hydrogen-bond acceptors (Lipinski definition) is 4. The molecule has 0 bridgehead atoms. The number of esters is 1. The largest absolute Gasteiger partial charge is 0.468 e. The van der Waals surface area contributed by atoms with Crippen LogP contribution in [0.3, 0.4) is 0 Å². The van der Waals surface area contributed by atoms with Crippen molar-refractivity contribution in [1.82, 2.24) is 9.47 Å². The van der Waals surface area contributed by atoms with Crippen LogP contribution in [0.15, 0.2) is 12.3 Å². The van der Waals surface area contributed by atoms with Crippen molar-refractivity contribution in [3.8, 4) is 0 Å². The molecule has 1 heterocycles. The Morgan fingerprint density at radius 3 is 2.78 bits per heavy atom. The summed E-state index contributed by atoms with van der Waals surface area (Å²) in [5, 5.41) is 0. The Kier molecular flexibility index (Phi) is 3.27. The van der Waals surface area contributed by atoms with Crippen LogP contribution in [-0.4, -0.2) is 42.0 Å². The highest BCUT2D eigenvalue weighted by atomic mass is 16.5. The second kappa shape index (κ2) is 4.72. The first-order valence-corrected chi connectivity index (χ1v) is 5.82. The van der Waals surface area contributed by atoms with Gasteiger partial charge in [0.2, 0.25) is 0 Å². The Balaban J connectivity index is 2.15. The quantitative estimate of drug-likeness (QED) is 0.797. The maximum Gasteiger partial charge on any atom is 0.325 e. The van der Waals surface area contributed by atoms with Crippen molar-refractivity contribution >= 4 is 17.6 Å². The average molecular weight is 251 g/mol. The molecule has 18 heavy (non-hydrogen) atoms. The summed E-state index contributed by atoms with van der Waals surface area (Å²) in [6.07, 6.45) is 3.90. The summed E-state index contributed by atoms with van der Waals surface area (Å²) in [5.74, 6) is -0.660. The van der Waals surface area contributed by atoms with Crippen LogP contribution in [-0.2, 0) is 9.53 Å². The van der Waals surface area contributed by atoms with E-state index < -0.39 is 5.97 Å². The number of amides is 1. The summed E-state index contributed by atoms with van der Waals surface area (Å²) in [5.41, 5.74) is 6.82. The zero-order valence-corrected chi connectivity index (χ0v) is 10.5. The molecule has 1 aromatic heterocycles. The highest BCUT2D eigenvalue weighted by Gasteiger charge is 2.29. The van der Waals surface area contributed by atoms with E-state index in [-0.39, 0.29) is 12.5 Å². The number of likely N-dealkylation sites (N-methyl/N-ethyl adjacent to an activating group) is 1. The van der Waals surface area contributed by atoms with Crippen molar-refractivity contribution in [3.63, 3.8) is 0 Å². The summed E-state index contributed by atoms with van der Waals surface area (Å²) in [7, 11) is 2.87. The van der Waals surface area contributed by atoms with E-state index in [2.05, 4.69) is 4.74 Å². The van der Waals surface area contributed by atoms with E-state index >= 15 is 0 Å². The minimum atomic E-state index is -0.441. The molecular weight excluding hydrogens is 234 g/mol. The molecule has 0 atom stereocenters. The lowest BCUT2D eigenvalue weighted by molar-refractivity contribution is -0.141. The third kappa shape index (κ3) is 2.47. The Hall–Kier alpha value is -1.98. The molecule has 1 aromatic rings. The molecule has 0 saturated heterocycles. The molecule has 0 spiro atoms. The number of nitrogens with zero attached hydrogens (tertiary/aromatic N) is 2. The summed E-state index contributed by atoms with van der Waals surface area (Å²) >= 11 is 0. The molecule has 98 valence electrons. The Labute approximate surface area is 105 Å². The van der Waals surface area contributed by atoms with Crippen LogP contribution in [0.25, 0.3) is 0 Å². The van der Waals surface area contributed by atoms with E-state index in [0.29, 0.717) is 17.4 Å². The van der Waals surface area contributed by atoms with Gasteiger partial charge in [0.05, 0.1) is 12.8 Å². The van der Waals surface area contributed by atoms with Gasteiger partial charge in [0.15, 0.2) is 0 Å². The molecule has 6 nitrogen and oxygen atoms in total. The SMILES string of the molecule is COC(=O)CN(C)C(=O)c1cc(N)cn1C1CC1. The van der Waals surface area contributed by atoms with Gasteiger partial charge in [0, 0.05) is 19.3 Å². The number of carbonyl (C=O) groups is 2. The van der Waals surface area contributed by atoms with Crippen LogP contribution in [0, 0.1) is 0 Å². The second-order valence-electron chi connectivity index (χ2n) is 4.53. The van der Waals surface area contributed by atoms with Gasteiger partial charge in [-0.3, -0.25) is 9.59 Å². The molecule has 1 aliphatic carbocycles. The van der Waals surface area contributed by atoms with Crippen LogP contribution < -0.4 is 5.73 Å². The van der Waals surface area contributed by atoms with Gasteiger partial charge in [-0.2, -0.15) is 0 Å². The first kappa shape index (κ1) is 12.5. The first-order valence-electron chi connectivity index (χ1n) is 5.82. The van der Waals surface area contributed by atoms with E-state index in [4.69, 9.17) is 5.73 Å². The molecule has 0 unspecified atom stereocenters. The lowest BCUT2D eigenvalue weighted by atomic mass is 10.3. The van der Waals surface area contributed by atoms with Crippen molar-refractivity contribution < 1.29 is 14.3 Å². The standard InChI is InChI=1S/C12H17N3O3/c1-14(7-11(16)18-2)12(17)10-5-8(13)6-15(10)9-3-4-9/h5-6,9H,3-4,7,13H2,1-2H3. The van der Waals surface area contributed by atoms with E-state index in [1.54, 1.807) is 19.3 Å².